The van der Waals surface area contributed by atoms with Gasteiger partial charge in [-0.2, -0.15) is 0 Å². The van der Waals surface area contributed by atoms with Gasteiger partial charge in [0.05, 0.1) is 22.2 Å². The van der Waals surface area contributed by atoms with Gasteiger partial charge in [-0.1, -0.05) is 0 Å². The summed E-state index contributed by atoms with van der Waals surface area (Å²) < 4.78 is 48.3. The molecular weight excluding hydrogens is 647 g/mol. The first kappa shape index (κ1) is 37.7. The molecule has 12 nitrogen and oxygen atoms in total. The number of carbonyl (C=O) groups excluding carboxylic acids is 3. The highest BCUT2D eigenvalue weighted by atomic mass is 32.1. The van der Waals surface area contributed by atoms with Crippen molar-refractivity contribution in [1.29, 1.82) is 0 Å². The van der Waals surface area contributed by atoms with Gasteiger partial charge in [-0.05, 0) is 106 Å². The molecule has 2 aromatic carbocycles. The third kappa shape index (κ3) is 11.5. The first-order chi connectivity index (χ1) is 21.7. The Hall–Kier alpha value is -3.77. The van der Waals surface area contributed by atoms with Crippen LogP contribution in [0.25, 0.3) is 0 Å². The Balaban J connectivity index is 1.88. The average molecular weight is 691 g/mol. The standard InChI is InChI=1S/C33H43N2O10PS/c1-20(2)40-25-17-23(28(36)35-31-34-15-16-47-31)18-26(19-25)43-24-11-13-27(14-12-24)46(39,44-21(3)41-29(37)32(5,6)7)45-22(4)42-30(38)33(8,9)10/h11-22H,1-10H3,(H,34,35,36). The predicted molar refractivity (Wildman–Crippen MR) is 178 cm³/mol. The number of anilines is 1. The van der Waals surface area contributed by atoms with Crippen molar-refractivity contribution in [3.05, 3.63) is 59.6 Å². The van der Waals surface area contributed by atoms with E-state index in [1.807, 2.05) is 13.8 Å². The fraction of sp³-hybridized carbons (Fsp3) is 0.455. The van der Waals surface area contributed by atoms with Crippen molar-refractivity contribution < 1.29 is 46.9 Å². The molecule has 0 saturated carbocycles. The molecule has 3 rings (SSSR count). The number of esters is 2. The van der Waals surface area contributed by atoms with Gasteiger partial charge < -0.3 is 18.9 Å². The van der Waals surface area contributed by atoms with Gasteiger partial charge in [0, 0.05) is 23.2 Å². The smallest absolute Gasteiger partial charge is 0.367 e. The molecule has 0 aliphatic carbocycles. The second-order valence-corrected chi connectivity index (χ2v) is 15.7. The summed E-state index contributed by atoms with van der Waals surface area (Å²) in [5.41, 5.74) is -1.39. The van der Waals surface area contributed by atoms with Gasteiger partial charge in [-0.15, -0.1) is 11.3 Å². The van der Waals surface area contributed by atoms with E-state index in [9.17, 15) is 18.9 Å². The fourth-order valence-corrected chi connectivity index (χ4v) is 5.82. The van der Waals surface area contributed by atoms with Crippen molar-refractivity contribution in [2.75, 3.05) is 5.32 Å². The largest absolute Gasteiger partial charge is 0.491 e. The highest BCUT2D eigenvalue weighted by molar-refractivity contribution is 7.62. The number of hydrogen-bond acceptors (Lipinski definition) is 12. The van der Waals surface area contributed by atoms with Gasteiger partial charge in [-0.3, -0.25) is 33.3 Å². The topological polar surface area (TPSA) is 149 Å². The van der Waals surface area contributed by atoms with E-state index < -0.39 is 48.9 Å². The predicted octanol–water partition coefficient (Wildman–Crippen LogP) is 7.70. The van der Waals surface area contributed by atoms with E-state index in [0.717, 1.165) is 0 Å². The monoisotopic (exact) mass is 690 g/mol. The van der Waals surface area contributed by atoms with E-state index in [-0.39, 0.29) is 17.0 Å². The number of ether oxygens (including phenoxy) is 4. The molecule has 0 aliphatic heterocycles. The van der Waals surface area contributed by atoms with Crippen LogP contribution in [0.2, 0.25) is 0 Å². The lowest BCUT2D eigenvalue weighted by Gasteiger charge is -2.28. The minimum absolute atomic E-state index is 0.0857. The first-order valence-electron chi connectivity index (χ1n) is 15.0. The maximum absolute atomic E-state index is 14.2. The van der Waals surface area contributed by atoms with E-state index in [4.69, 9.17) is 28.0 Å². The molecule has 14 heteroatoms. The Morgan fingerprint density at radius 2 is 1.32 bits per heavy atom. The van der Waals surface area contributed by atoms with Crippen LogP contribution >= 0.6 is 18.9 Å². The van der Waals surface area contributed by atoms with Crippen molar-refractivity contribution in [1.82, 2.24) is 4.98 Å². The molecule has 0 aliphatic rings. The van der Waals surface area contributed by atoms with Gasteiger partial charge in [0.25, 0.3) is 5.91 Å². The number of nitrogens with one attached hydrogen (secondary N) is 1. The van der Waals surface area contributed by atoms with E-state index >= 15 is 0 Å². The molecule has 2 unspecified atom stereocenters. The Kier molecular flexibility index (Phi) is 12.4. The molecule has 0 spiro atoms. The van der Waals surface area contributed by atoms with Crippen LogP contribution in [-0.2, 0) is 32.7 Å². The van der Waals surface area contributed by atoms with Crippen LogP contribution in [0.5, 0.6) is 17.2 Å². The molecule has 1 aromatic heterocycles. The number of thiazole rings is 1. The number of nitrogens with zero attached hydrogens (tertiary/aromatic N) is 1. The Morgan fingerprint density at radius 1 is 0.787 bits per heavy atom. The summed E-state index contributed by atoms with van der Waals surface area (Å²) in [6.45, 7) is 16.6. The number of amides is 1. The minimum atomic E-state index is -4.26. The second kappa shape index (κ2) is 15.4. The highest BCUT2D eigenvalue weighted by Gasteiger charge is 2.37. The van der Waals surface area contributed by atoms with Gasteiger partial charge in [0.2, 0.25) is 12.6 Å². The number of carbonyl (C=O) groups is 3. The molecule has 1 N–H and O–H groups in total. The third-order valence-corrected chi connectivity index (χ3v) is 8.67. The maximum atomic E-state index is 14.2. The molecule has 2 atom stereocenters. The molecule has 0 fully saturated rings. The van der Waals surface area contributed by atoms with Gasteiger partial charge in [-0.25, -0.2) is 4.98 Å². The maximum Gasteiger partial charge on any atom is 0.367 e. The molecule has 47 heavy (non-hydrogen) atoms. The number of hydrogen-bond donors (Lipinski definition) is 1. The minimum Gasteiger partial charge on any atom is -0.491 e. The second-order valence-electron chi connectivity index (χ2n) is 12.9. The van der Waals surface area contributed by atoms with Crippen LogP contribution in [0.1, 0.15) is 79.6 Å². The lowest BCUT2D eigenvalue weighted by atomic mass is 9.97. The fourth-order valence-electron chi connectivity index (χ4n) is 3.62. The van der Waals surface area contributed by atoms with E-state index in [0.29, 0.717) is 22.4 Å². The van der Waals surface area contributed by atoms with Gasteiger partial charge in [0.15, 0.2) is 5.13 Å². The van der Waals surface area contributed by atoms with Crippen molar-refractivity contribution in [3.63, 3.8) is 0 Å². The first-order valence-corrected chi connectivity index (χ1v) is 17.4. The van der Waals surface area contributed by atoms with Crippen molar-refractivity contribution in [2.24, 2.45) is 10.8 Å². The molecular formula is C33H43N2O10PS. The number of rotatable bonds is 13. The number of aromatic nitrogens is 1. The van der Waals surface area contributed by atoms with Gasteiger partial charge >= 0.3 is 19.5 Å². The SMILES string of the molecule is CC(C)Oc1cc(Oc2ccc(P(=O)(OC(C)OC(=O)C(C)(C)C)OC(C)OC(=O)C(C)(C)C)cc2)cc(C(=O)Nc2nccs2)c1. The Bertz CT molecular complexity index is 1540. The lowest BCUT2D eigenvalue weighted by Crippen LogP contribution is -2.31. The molecule has 0 bridgehead atoms. The van der Waals surface area contributed by atoms with Crippen LogP contribution in [0.15, 0.2) is 54.0 Å². The van der Waals surface area contributed by atoms with E-state index in [1.54, 1.807) is 71.3 Å². The zero-order chi connectivity index (χ0) is 35.2. The zero-order valence-corrected chi connectivity index (χ0v) is 30.0. The average Bonchev–Trinajstić information content (AvgIpc) is 3.44. The lowest BCUT2D eigenvalue weighted by molar-refractivity contribution is -0.176. The quantitative estimate of drug-likeness (QED) is 0.107. The normalized spacial score (nSPS) is 14.4. The Morgan fingerprint density at radius 3 is 1.79 bits per heavy atom. The molecule has 256 valence electrons. The van der Waals surface area contributed by atoms with Crippen LogP contribution in [-0.4, -0.2) is 41.5 Å². The van der Waals surface area contributed by atoms with E-state index in [1.165, 1.54) is 49.4 Å². The number of benzene rings is 2. The van der Waals surface area contributed by atoms with Crippen LogP contribution < -0.4 is 20.1 Å². The highest BCUT2D eigenvalue weighted by Crippen LogP contribution is 2.50. The molecule has 1 heterocycles. The summed E-state index contributed by atoms with van der Waals surface area (Å²) in [5.74, 6) is -0.491. The summed E-state index contributed by atoms with van der Waals surface area (Å²) in [4.78, 5) is 42.0. The third-order valence-electron chi connectivity index (χ3n) is 5.90. The van der Waals surface area contributed by atoms with Crippen LogP contribution in [0, 0.1) is 10.8 Å². The van der Waals surface area contributed by atoms with Crippen molar-refractivity contribution in [2.45, 2.75) is 87.9 Å². The summed E-state index contributed by atoms with van der Waals surface area (Å²) in [6.07, 6.45) is -1.12. The van der Waals surface area contributed by atoms with Crippen molar-refractivity contribution >= 4 is 47.2 Å². The summed E-state index contributed by atoms with van der Waals surface area (Å²) >= 11 is 1.29. The van der Waals surface area contributed by atoms with Crippen LogP contribution in [0.4, 0.5) is 5.13 Å². The summed E-state index contributed by atoms with van der Waals surface area (Å²) in [7, 11) is -4.26. The molecule has 0 radical (unpaired) electrons. The Labute approximate surface area is 279 Å². The van der Waals surface area contributed by atoms with Gasteiger partial charge in [0.1, 0.15) is 17.2 Å². The van der Waals surface area contributed by atoms with Crippen LogP contribution in [0.3, 0.4) is 0 Å². The molecule has 0 saturated heterocycles. The van der Waals surface area contributed by atoms with Crippen molar-refractivity contribution in [3.8, 4) is 17.2 Å². The molecule has 1 amide bonds. The molecule has 3 aromatic rings. The zero-order valence-electron chi connectivity index (χ0n) is 28.3. The summed E-state index contributed by atoms with van der Waals surface area (Å²) in [5, 5.41) is 5.02. The summed E-state index contributed by atoms with van der Waals surface area (Å²) in [6, 6.07) is 10.8. The van der Waals surface area contributed by atoms with E-state index in [2.05, 4.69) is 10.3 Å².